The quantitative estimate of drug-likeness (QED) is 0.710. The molecule has 1 amide bonds. The maximum absolute atomic E-state index is 11.8. The molecular weight excluding hydrogens is 260 g/mol. The van der Waals surface area contributed by atoms with Crippen LogP contribution in [0.25, 0.3) is 0 Å². The molecule has 2 fully saturated rings. The van der Waals surface area contributed by atoms with Gasteiger partial charge in [-0.15, -0.1) is 0 Å². The van der Waals surface area contributed by atoms with Gasteiger partial charge < -0.3 is 15.2 Å². The first-order chi connectivity index (χ1) is 9.63. The van der Waals surface area contributed by atoms with E-state index in [1.54, 1.807) is 0 Å². The van der Waals surface area contributed by atoms with Crippen molar-refractivity contribution in [2.24, 2.45) is 5.92 Å². The third kappa shape index (κ3) is 5.09. The van der Waals surface area contributed by atoms with Crippen LogP contribution in [0.4, 0.5) is 0 Å². The summed E-state index contributed by atoms with van der Waals surface area (Å²) in [7, 11) is 0. The van der Waals surface area contributed by atoms with E-state index >= 15 is 0 Å². The van der Waals surface area contributed by atoms with Gasteiger partial charge in [-0.1, -0.05) is 0 Å². The van der Waals surface area contributed by atoms with Gasteiger partial charge in [0.2, 0.25) is 5.91 Å². The molecule has 2 aliphatic rings. The molecule has 2 atom stereocenters. The SMILES string of the molecule is O=C(O)CCC1CCN(CC(=O)NCC2CCCO2)C1. The van der Waals surface area contributed by atoms with E-state index in [1.807, 2.05) is 0 Å². The Morgan fingerprint density at radius 3 is 2.90 bits per heavy atom. The van der Waals surface area contributed by atoms with E-state index in [0.29, 0.717) is 25.4 Å². The first kappa shape index (κ1) is 15.3. The fraction of sp³-hybridized carbons (Fsp3) is 0.857. The first-order valence-corrected chi connectivity index (χ1v) is 7.46. The fourth-order valence-corrected chi connectivity index (χ4v) is 2.91. The Balaban J connectivity index is 1.59. The van der Waals surface area contributed by atoms with E-state index in [0.717, 1.165) is 39.0 Å². The van der Waals surface area contributed by atoms with Gasteiger partial charge in [-0.2, -0.15) is 0 Å². The monoisotopic (exact) mass is 284 g/mol. The highest BCUT2D eigenvalue weighted by Gasteiger charge is 2.24. The number of likely N-dealkylation sites (tertiary alicyclic amines) is 1. The first-order valence-electron chi connectivity index (χ1n) is 7.46. The molecular formula is C14H24N2O4. The van der Waals surface area contributed by atoms with Crippen molar-refractivity contribution < 1.29 is 19.4 Å². The van der Waals surface area contributed by atoms with Gasteiger partial charge in [0.25, 0.3) is 0 Å². The van der Waals surface area contributed by atoms with Gasteiger partial charge in [0.1, 0.15) is 0 Å². The number of ether oxygens (including phenoxy) is 1. The number of carbonyl (C=O) groups excluding carboxylic acids is 1. The Morgan fingerprint density at radius 1 is 1.35 bits per heavy atom. The zero-order valence-corrected chi connectivity index (χ0v) is 11.8. The van der Waals surface area contributed by atoms with Gasteiger partial charge in [-0.3, -0.25) is 14.5 Å². The van der Waals surface area contributed by atoms with Crippen LogP contribution in [0.3, 0.4) is 0 Å². The van der Waals surface area contributed by atoms with Crippen molar-refractivity contribution in [1.82, 2.24) is 10.2 Å². The largest absolute Gasteiger partial charge is 0.481 e. The second-order valence-corrected chi connectivity index (χ2v) is 5.76. The van der Waals surface area contributed by atoms with Crippen LogP contribution in [-0.4, -0.2) is 60.8 Å². The van der Waals surface area contributed by atoms with E-state index in [9.17, 15) is 9.59 Å². The number of nitrogens with one attached hydrogen (secondary N) is 1. The van der Waals surface area contributed by atoms with Crippen molar-refractivity contribution >= 4 is 11.9 Å². The molecule has 2 heterocycles. The van der Waals surface area contributed by atoms with Gasteiger partial charge in [0.05, 0.1) is 12.6 Å². The third-order valence-corrected chi connectivity index (χ3v) is 4.05. The Bertz CT molecular complexity index is 342. The van der Waals surface area contributed by atoms with Crippen molar-refractivity contribution in [3.05, 3.63) is 0 Å². The smallest absolute Gasteiger partial charge is 0.303 e. The van der Waals surface area contributed by atoms with Crippen molar-refractivity contribution in [2.45, 2.75) is 38.2 Å². The molecule has 2 unspecified atom stereocenters. The minimum atomic E-state index is -0.738. The molecule has 0 aliphatic carbocycles. The average Bonchev–Trinajstić information content (AvgIpc) is 3.05. The predicted octanol–water partition coefficient (Wildman–Crippen LogP) is 0.468. The highest BCUT2D eigenvalue weighted by Crippen LogP contribution is 2.20. The maximum atomic E-state index is 11.8. The summed E-state index contributed by atoms with van der Waals surface area (Å²) in [5.74, 6) is -0.283. The number of carbonyl (C=O) groups is 2. The summed E-state index contributed by atoms with van der Waals surface area (Å²) in [4.78, 5) is 24.5. The van der Waals surface area contributed by atoms with E-state index in [2.05, 4.69) is 10.2 Å². The number of rotatable bonds is 7. The predicted molar refractivity (Wildman–Crippen MR) is 73.4 cm³/mol. The highest BCUT2D eigenvalue weighted by atomic mass is 16.5. The van der Waals surface area contributed by atoms with Crippen molar-refractivity contribution in [3.63, 3.8) is 0 Å². The Morgan fingerprint density at radius 2 is 2.20 bits per heavy atom. The molecule has 2 N–H and O–H groups in total. The Hall–Kier alpha value is -1.14. The van der Waals surface area contributed by atoms with Crippen LogP contribution in [0.15, 0.2) is 0 Å². The van der Waals surface area contributed by atoms with Gasteiger partial charge >= 0.3 is 5.97 Å². The molecule has 2 aliphatic heterocycles. The van der Waals surface area contributed by atoms with Crippen LogP contribution in [0.5, 0.6) is 0 Å². The minimum absolute atomic E-state index is 0.0411. The molecule has 20 heavy (non-hydrogen) atoms. The van der Waals surface area contributed by atoms with E-state index in [-0.39, 0.29) is 18.4 Å². The van der Waals surface area contributed by atoms with Crippen molar-refractivity contribution in [3.8, 4) is 0 Å². The summed E-state index contributed by atoms with van der Waals surface area (Å²) in [6.07, 6.45) is 4.22. The summed E-state index contributed by atoms with van der Waals surface area (Å²) in [5.41, 5.74) is 0. The zero-order valence-electron chi connectivity index (χ0n) is 11.8. The number of hydrogen-bond donors (Lipinski definition) is 2. The lowest BCUT2D eigenvalue weighted by Gasteiger charge is -2.16. The molecule has 0 aromatic rings. The Labute approximate surface area is 119 Å². The standard InChI is InChI=1S/C14H24N2O4/c17-13(15-8-12-2-1-7-20-12)10-16-6-5-11(9-16)3-4-14(18)19/h11-12H,1-10H2,(H,15,17)(H,18,19). The summed E-state index contributed by atoms with van der Waals surface area (Å²) in [6, 6.07) is 0. The molecule has 2 saturated heterocycles. The van der Waals surface area contributed by atoms with Crippen LogP contribution >= 0.6 is 0 Å². The number of nitrogens with zero attached hydrogens (tertiary/aromatic N) is 1. The molecule has 114 valence electrons. The molecule has 0 saturated carbocycles. The van der Waals surface area contributed by atoms with Gasteiger partial charge in [-0.05, 0) is 38.1 Å². The number of hydrogen-bond acceptors (Lipinski definition) is 4. The molecule has 2 rings (SSSR count). The number of carboxylic acid groups (broad SMARTS) is 1. The van der Waals surface area contributed by atoms with Crippen molar-refractivity contribution in [2.75, 3.05) is 32.8 Å². The normalized spacial score (nSPS) is 26.8. The number of carboxylic acids is 1. The van der Waals surface area contributed by atoms with Gasteiger partial charge in [-0.25, -0.2) is 0 Å². The van der Waals surface area contributed by atoms with E-state index in [1.165, 1.54) is 0 Å². The van der Waals surface area contributed by atoms with Crippen LogP contribution in [0.1, 0.15) is 32.1 Å². The molecule has 0 spiro atoms. The maximum Gasteiger partial charge on any atom is 0.303 e. The average molecular weight is 284 g/mol. The molecule has 0 radical (unpaired) electrons. The molecule has 0 aromatic carbocycles. The lowest BCUT2D eigenvalue weighted by molar-refractivity contribution is -0.137. The lowest BCUT2D eigenvalue weighted by Crippen LogP contribution is -2.39. The van der Waals surface area contributed by atoms with Crippen molar-refractivity contribution in [1.29, 1.82) is 0 Å². The highest BCUT2D eigenvalue weighted by molar-refractivity contribution is 5.78. The summed E-state index contributed by atoms with van der Waals surface area (Å²) >= 11 is 0. The number of aliphatic carboxylic acids is 1. The van der Waals surface area contributed by atoms with Crippen LogP contribution in [0, 0.1) is 5.92 Å². The van der Waals surface area contributed by atoms with Gasteiger partial charge in [0, 0.05) is 26.1 Å². The second-order valence-electron chi connectivity index (χ2n) is 5.76. The minimum Gasteiger partial charge on any atom is -0.481 e. The van der Waals surface area contributed by atoms with E-state index < -0.39 is 5.97 Å². The summed E-state index contributed by atoms with van der Waals surface area (Å²) in [5, 5.41) is 11.6. The Kier molecular flexibility index (Phi) is 5.79. The summed E-state index contributed by atoms with van der Waals surface area (Å²) < 4.78 is 5.46. The molecule has 0 aromatic heterocycles. The third-order valence-electron chi connectivity index (χ3n) is 4.05. The van der Waals surface area contributed by atoms with Crippen LogP contribution < -0.4 is 5.32 Å². The molecule has 6 heteroatoms. The molecule has 0 bridgehead atoms. The van der Waals surface area contributed by atoms with Crippen LogP contribution in [0.2, 0.25) is 0 Å². The molecule has 6 nitrogen and oxygen atoms in total. The topological polar surface area (TPSA) is 78.9 Å². The van der Waals surface area contributed by atoms with Gasteiger partial charge in [0.15, 0.2) is 0 Å². The van der Waals surface area contributed by atoms with E-state index in [4.69, 9.17) is 9.84 Å². The lowest BCUT2D eigenvalue weighted by atomic mass is 10.0. The zero-order chi connectivity index (χ0) is 14.4. The van der Waals surface area contributed by atoms with Crippen LogP contribution in [-0.2, 0) is 14.3 Å². The second kappa shape index (κ2) is 7.59. The number of amides is 1. The summed E-state index contributed by atoms with van der Waals surface area (Å²) in [6.45, 7) is 3.54. The fourth-order valence-electron chi connectivity index (χ4n) is 2.91.